The Kier molecular flexibility index (Phi) is 7.99. The molecule has 2 amide bonds. The van der Waals surface area contributed by atoms with Crippen molar-refractivity contribution in [3.05, 3.63) is 51.3 Å². The molecule has 216 valence electrons. The van der Waals surface area contributed by atoms with Crippen molar-refractivity contribution in [3.8, 4) is 0 Å². The Morgan fingerprint density at radius 3 is 2.27 bits per heavy atom. The minimum Gasteiger partial charge on any atom is -0.481 e. The first-order chi connectivity index (χ1) is 18.6. The monoisotopic (exact) mass is 589 g/mol. The van der Waals surface area contributed by atoms with Gasteiger partial charge in [-0.1, -0.05) is 11.6 Å². The summed E-state index contributed by atoms with van der Waals surface area (Å²) in [4.78, 5) is 50.2. The van der Waals surface area contributed by atoms with E-state index in [0.717, 1.165) is 12.1 Å². The molecule has 1 aromatic heterocycles. The number of carboxylic acid groups (broad SMARTS) is 1. The molecule has 1 saturated carbocycles. The molecule has 0 saturated heterocycles. The lowest BCUT2D eigenvalue weighted by atomic mass is 9.74. The Hall–Kier alpha value is -3.48. The van der Waals surface area contributed by atoms with Crippen LogP contribution in [0.1, 0.15) is 70.6 Å². The van der Waals surface area contributed by atoms with Crippen LogP contribution in [0.3, 0.4) is 0 Å². The molecule has 0 unspecified atom stereocenters. The minimum atomic E-state index is -4.92. The zero-order valence-corrected chi connectivity index (χ0v) is 21.9. The SMILES string of the molecule is Cc1c(F)cc(NC(=O)c2c(Cl)c(C(=O)C(=O)NC3(C(F)(F)F)CCC(CC(=O)O)CC3)n3c2CCC3)cc1F. The summed E-state index contributed by atoms with van der Waals surface area (Å²) in [6, 6.07) is 1.78. The lowest BCUT2D eigenvalue weighted by Crippen LogP contribution is -2.61. The first-order valence-corrected chi connectivity index (χ1v) is 12.9. The molecule has 1 fully saturated rings. The molecular weight excluding hydrogens is 565 g/mol. The zero-order chi connectivity index (χ0) is 29.6. The highest BCUT2D eigenvalue weighted by Gasteiger charge is 2.57. The number of alkyl halides is 3. The van der Waals surface area contributed by atoms with Crippen LogP contribution in [0.2, 0.25) is 5.02 Å². The Bertz CT molecular complexity index is 1370. The average Bonchev–Trinajstić information content (AvgIpc) is 3.41. The maximum Gasteiger partial charge on any atom is 0.411 e. The number of halogens is 6. The van der Waals surface area contributed by atoms with Gasteiger partial charge in [-0.2, -0.15) is 13.2 Å². The number of fused-ring (bicyclic) bond motifs is 1. The number of Topliss-reactive ketones (excluding diaryl/α,β-unsaturated/α-hetero) is 1. The number of nitrogens with one attached hydrogen (secondary N) is 2. The van der Waals surface area contributed by atoms with Crippen LogP contribution in [0, 0.1) is 24.5 Å². The molecule has 2 aliphatic rings. The Balaban J connectivity index is 1.60. The highest BCUT2D eigenvalue weighted by Crippen LogP contribution is 2.44. The van der Waals surface area contributed by atoms with Gasteiger partial charge in [-0.3, -0.25) is 19.2 Å². The number of benzene rings is 1. The van der Waals surface area contributed by atoms with Gasteiger partial charge in [0, 0.05) is 29.9 Å². The van der Waals surface area contributed by atoms with E-state index < -0.39 is 76.4 Å². The standard InChI is InChI=1S/C26H25ClF5N3O5/c1-12-15(28)10-14(11-16(12)29)33-23(39)19-17-3-2-8-35(17)21(20(19)27)22(38)24(40)34-25(26(30,31)32)6-4-13(5-7-25)9-18(36)37/h10-11,13H,2-9H2,1H3,(H,33,39)(H,34,40)(H,36,37). The van der Waals surface area contributed by atoms with E-state index in [1.165, 1.54) is 11.5 Å². The summed E-state index contributed by atoms with van der Waals surface area (Å²) < 4.78 is 71.6. The van der Waals surface area contributed by atoms with Crippen LogP contribution in [0.4, 0.5) is 27.6 Å². The van der Waals surface area contributed by atoms with E-state index in [2.05, 4.69) is 5.32 Å². The largest absolute Gasteiger partial charge is 0.481 e. The van der Waals surface area contributed by atoms with E-state index >= 15 is 0 Å². The first-order valence-electron chi connectivity index (χ1n) is 12.5. The van der Waals surface area contributed by atoms with Gasteiger partial charge in [0.1, 0.15) is 22.9 Å². The van der Waals surface area contributed by atoms with Gasteiger partial charge in [0.15, 0.2) is 0 Å². The fourth-order valence-corrected chi connectivity index (χ4v) is 5.77. The van der Waals surface area contributed by atoms with Gasteiger partial charge < -0.3 is 20.3 Å². The molecule has 0 radical (unpaired) electrons. The second-order valence-electron chi connectivity index (χ2n) is 10.2. The number of hydrogen-bond donors (Lipinski definition) is 3. The van der Waals surface area contributed by atoms with Crippen LogP contribution in [0.25, 0.3) is 0 Å². The number of carbonyl (C=O) groups excluding carboxylic acids is 3. The number of aromatic nitrogens is 1. The molecule has 0 atom stereocenters. The molecule has 1 aliphatic carbocycles. The van der Waals surface area contributed by atoms with Crippen molar-refractivity contribution in [2.75, 3.05) is 5.32 Å². The fraction of sp³-hybridized carbons (Fsp3) is 0.462. The molecule has 4 rings (SSSR count). The van der Waals surface area contributed by atoms with Crippen molar-refractivity contribution in [1.29, 1.82) is 0 Å². The third-order valence-corrected chi connectivity index (χ3v) is 7.98. The van der Waals surface area contributed by atoms with E-state index in [1.807, 2.05) is 5.32 Å². The number of anilines is 1. The fourth-order valence-electron chi connectivity index (χ4n) is 5.39. The molecule has 1 aromatic carbocycles. The number of aliphatic carboxylic acids is 1. The van der Waals surface area contributed by atoms with E-state index in [9.17, 15) is 41.1 Å². The predicted molar refractivity (Wildman–Crippen MR) is 132 cm³/mol. The second kappa shape index (κ2) is 10.8. The molecule has 2 heterocycles. The first kappa shape index (κ1) is 29.5. The molecule has 2 aromatic rings. The third kappa shape index (κ3) is 5.43. The van der Waals surface area contributed by atoms with Gasteiger partial charge in [-0.15, -0.1) is 0 Å². The Labute approximate surface area is 229 Å². The summed E-state index contributed by atoms with van der Waals surface area (Å²) in [5.41, 5.74) is -3.65. The number of hydrogen-bond acceptors (Lipinski definition) is 4. The Morgan fingerprint density at radius 1 is 1.12 bits per heavy atom. The number of amides is 2. The van der Waals surface area contributed by atoms with Crippen LogP contribution >= 0.6 is 11.6 Å². The summed E-state index contributed by atoms with van der Waals surface area (Å²) in [6.07, 6.45) is -5.98. The number of carbonyl (C=O) groups is 4. The van der Waals surface area contributed by atoms with E-state index in [-0.39, 0.29) is 54.7 Å². The summed E-state index contributed by atoms with van der Waals surface area (Å²) in [5.74, 6) is -7.33. The second-order valence-corrected chi connectivity index (χ2v) is 10.5. The molecule has 8 nitrogen and oxygen atoms in total. The number of rotatable bonds is 7. The smallest absolute Gasteiger partial charge is 0.411 e. The molecular formula is C26H25ClF5N3O5. The Morgan fingerprint density at radius 2 is 1.73 bits per heavy atom. The number of nitrogens with zero attached hydrogens (tertiary/aromatic N) is 1. The van der Waals surface area contributed by atoms with Gasteiger partial charge in [0.25, 0.3) is 17.6 Å². The van der Waals surface area contributed by atoms with E-state index in [4.69, 9.17) is 16.7 Å². The normalized spacial score (nSPS) is 20.6. The molecule has 3 N–H and O–H groups in total. The highest BCUT2D eigenvalue weighted by molar-refractivity contribution is 6.48. The summed E-state index contributed by atoms with van der Waals surface area (Å²) in [6.45, 7) is 1.37. The van der Waals surface area contributed by atoms with Crippen molar-refractivity contribution in [1.82, 2.24) is 9.88 Å². The topological polar surface area (TPSA) is 118 Å². The van der Waals surface area contributed by atoms with Crippen molar-refractivity contribution < 1.29 is 46.2 Å². The predicted octanol–water partition coefficient (Wildman–Crippen LogP) is 5.19. The molecule has 0 spiro atoms. The zero-order valence-electron chi connectivity index (χ0n) is 21.2. The average molecular weight is 590 g/mol. The van der Waals surface area contributed by atoms with Crippen molar-refractivity contribution in [2.24, 2.45) is 5.92 Å². The van der Waals surface area contributed by atoms with E-state index in [0.29, 0.717) is 6.42 Å². The lowest BCUT2D eigenvalue weighted by molar-refractivity contribution is -0.208. The van der Waals surface area contributed by atoms with Crippen molar-refractivity contribution >= 4 is 40.9 Å². The van der Waals surface area contributed by atoms with E-state index in [1.54, 1.807) is 0 Å². The molecule has 1 aliphatic heterocycles. The maximum atomic E-state index is 14.1. The highest BCUT2D eigenvalue weighted by atomic mass is 35.5. The van der Waals surface area contributed by atoms with Gasteiger partial charge in [0.2, 0.25) is 0 Å². The summed E-state index contributed by atoms with van der Waals surface area (Å²) >= 11 is 6.36. The lowest BCUT2D eigenvalue weighted by Gasteiger charge is -2.41. The van der Waals surface area contributed by atoms with Crippen LogP contribution in [-0.4, -0.2) is 45.0 Å². The van der Waals surface area contributed by atoms with Crippen LogP contribution in [-0.2, 0) is 22.6 Å². The van der Waals surface area contributed by atoms with Gasteiger partial charge in [-0.25, -0.2) is 8.78 Å². The van der Waals surface area contributed by atoms with Gasteiger partial charge in [0.05, 0.1) is 10.6 Å². The minimum absolute atomic E-state index is 0.119. The molecule has 14 heteroatoms. The number of ketones is 1. The summed E-state index contributed by atoms with van der Waals surface area (Å²) in [7, 11) is 0. The van der Waals surface area contributed by atoms with Crippen LogP contribution in [0.5, 0.6) is 0 Å². The van der Waals surface area contributed by atoms with Gasteiger partial charge >= 0.3 is 12.1 Å². The molecule has 0 bridgehead atoms. The van der Waals surface area contributed by atoms with Crippen LogP contribution in [0.15, 0.2) is 12.1 Å². The molecule has 40 heavy (non-hydrogen) atoms. The summed E-state index contributed by atoms with van der Waals surface area (Å²) in [5, 5.41) is 12.6. The van der Waals surface area contributed by atoms with Gasteiger partial charge in [-0.05, 0) is 63.5 Å². The van der Waals surface area contributed by atoms with Crippen molar-refractivity contribution in [3.63, 3.8) is 0 Å². The van der Waals surface area contributed by atoms with Crippen LogP contribution < -0.4 is 10.6 Å². The van der Waals surface area contributed by atoms with Crippen molar-refractivity contribution in [2.45, 2.75) is 70.1 Å². The maximum absolute atomic E-state index is 14.1. The number of carboxylic acids is 1. The quantitative estimate of drug-likeness (QED) is 0.233. The third-order valence-electron chi connectivity index (χ3n) is 7.61.